The van der Waals surface area contributed by atoms with Gasteiger partial charge in [0, 0.05) is 12.6 Å². The van der Waals surface area contributed by atoms with E-state index in [4.69, 9.17) is 4.42 Å². The minimum atomic E-state index is -0.141. The molecule has 0 aliphatic heterocycles. The summed E-state index contributed by atoms with van der Waals surface area (Å²) < 4.78 is 7.28. The van der Waals surface area contributed by atoms with Crippen molar-refractivity contribution >= 4 is 5.91 Å². The molecule has 0 saturated heterocycles. The highest BCUT2D eigenvalue weighted by Crippen LogP contribution is 2.23. The number of carbonyl (C=O) groups is 1. The van der Waals surface area contributed by atoms with Crippen LogP contribution in [0.4, 0.5) is 0 Å². The van der Waals surface area contributed by atoms with Crippen LogP contribution in [0.2, 0.25) is 0 Å². The topological polar surface area (TPSA) is 60.1 Å². The lowest BCUT2D eigenvalue weighted by Gasteiger charge is -2.07. The number of nitrogens with one attached hydrogen (secondary N) is 1. The average Bonchev–Trinajstić information content (AvgIpc) is 3.19. The van der Waals surface area contributed by atoms with Crippen LogP contribution in [0.15, 0.2) is 52.9 Å². The van der Waals surface area contributed by atoms with Gasteiger partial charge in [0.25, 0.3) is 5.91 Å². The monoisotopic (exact) mass is 309 g/mol. The zero-order valence-electron chi connectivity index (χ0n) is 13.2. The average molecular weight is 309 g/mol. The van der Waals surface area contributed by atoms with Crippen LogP contribution < -0.4 is 5.32 Å². The molecule has 0 spiro atoms. The fourth-order valence-corrected chi connectivity index (χ4v) is 2.33. The van der Waals surface area contributed by atoms with Gasteiger partial charge in [0.15, 0.2) is 5.76 Å². The molecule has 0 unspecified atom stereocenters. The normalized spacial score (nSPS) is 10.7. The number of carbonyl (C=O) groups excluding carboxylic acids is 1. The van der Waals surface area contributed by atoms with Crippen molar-refractivity contribution in [1.29, 1.82) is 0 Å². The van der Waals surface area contributed by atoms with E-state index in [9.17, 15) is 4.79 Å². The first-order valence-electron chi connectivity index (χ1n) is 7.69. The highest BCUT2D eigenvalue weighted by atomic mass is 16.3. The molecule has 0 radical (unpaired) electrons. The number of benzene rings is 1. The van der Waals surface area contributed by atoms with Crippen molar-refractivity contribution in [2.45, 2.75) is 20.3 Å². The van der Waals surface area contributed by atoms with Crippen LogP contribution in [0.5, 0.6) is 0 Å². The van der Waals surface area contributed by atoms with E-state index in [-0.39, 0.29) is 5.91 Å². The Kier molecular flexibility index (Phi) is 4.28. The lowest BCUT2D eigenvalue weighted by Crippen LogP contribution is -2.26. The van der Waals surface area contributed by atoms with Crippen LogP contribution in [0.25, 0.3) is 17.1 Å². The molecule has 1 aromatic carbocycles. The van der Waals surface area contributed by atoms with Crippen molar-refractivity contribution in [2.75, 3.05) is 6.54 Å². The molecule has 2 aromatic heterocycles. The van der Waals surface area contributed by atoms with Crippen LogP contribution in [-0.4, -0.2) is 22.2 Å². The number of hydrogen-bond acceptors (Lipinski definition) is 3. The third-order valence-electron chi connectivity index (χ3n) is 3.47. The second-order valence-corrected chi connectivity index (χ2v) is 5.33. The van der Waals surface area contributed by atoms with Crippen molar-refractivity contribution in [3.05, 3.63) is 60.0 Å². The summed E-state index contributed by atoms with van der Waals surface area (Å²) in [6.07, 6.45) is 0.884. The number of rotatable bonds is 5. The summed E-state index contributed by atoms with van der Waals surface area (Å²) in [7, 11) is 0. The van der Waals surface area contributed by atoms with Crippen molar-refractivity contribution < 1.29 is 9.21 Å². The number of hydrogen-bond donors (Lipinski definition) is 1. The first kappa shape index (κ1) is 15.1. The number of aromatic nitrogens is 2. The molecule has 0 bridgehead atoms. The van der Waals surface area contributed by atoms with Gasteiger partial charge in [-0.15, -0.1) is 0 Å². The number of furan rings is 1. The van der Waals surface area contributed by atoms with E-state index in [0.29, 0.717) is 23.7 Å². The van der Waals surface area contributed by atoms with E-state index in [0.717, 1.165) is 17.9 Å². The van der Waals surface area contributed by atoms with Gasteiger partial charge >= 0.3 is 0 Å². The fraction of sp³-hybridized carbons (Fsp3) is 0.222. The number of aryl methyl sites for hydroxylation is 1. The van der Waals surface area contributed by atoms with Crippen LogP contribution in [0, 0.1) is 6.92 Å². The SMILES string of the molecule is CCCNC(=O)c1cc(-c2ccc(C)o2)nn1-c1ccccc1. The first-order chi connectivity index (χ1) is 11.2. The van der Waals surface area contributed by atoms with Crippen molar-refractivity contribution in [3.63, 3.8) is 0 Å². The molecule has 0 atom stereocenters. The van der Waals surface area contributed by atoms with Gasteiger partial charge in [-0.05, 0) is 37.6 Å². The maximum Gasteiger partial charge on any atom is 0.270 e. The highest BCUT2D eigenvalue weighted by molar-refractivity contribution is 5.94. The lowest BCUT2D eigenvalue weighted by atomic mass is 10.2. The van der Waals surface area contributed by atoms with Gasteiger partial charge in [-0.2, -0.15) is 5.10 Å². The minimum Gasteiger partial charge on any atom is -0.460 e. The predicted molar refractivity (Wildman–Crippen MR) is 88.6 cm³/mol. The van der Waals surface area contributed by atoms with Gasteiger partial charge in [0.05, 0.1) is 5.69 Å². The Labute approximate surface area is 134 Å². The summed E-state index contributed by atoms with van der Waals surface area (Å²) in [6, 6.07) is 15.1. The minimum absolute atomic E-state index is 0.141. The van der Waals surface area contributed by atoms with Crippen molar-refractivity contribution in [2.24, 2.45) is 0 Å². The Morgan fingerprint density at radius 1 is 1.22 bits per heavy atom. The van der Waals surface area contributed by atoms with Gasteiger partial charge in [-0.25, -0.2) is 4.68 Å². The maximum absolute atomic E-state index is 12.4. The van der Waals surface area contributed by atoms with Crippen LogP contribution in [-0.2, 0) is 0 Å². The van der Waals surface area contributed by atoms with Gasteiger partial charge in [-0.3, -0.25) is 4.79 Å². The number of nitrogens with zero attached hydrogens (tertiary/aromatic N) is 2. The molecular weight excluding hydrogens is 290 g/mol. The molecule has 5 heteroatoms. The molecule has 3 rings (SSSR count). The van der Waals surface area contributed by atoms with Gasteiger partial charge in [0.1, 0.15) is 17.1 Å². The molecule has 0 aliphatic rings. The molecule has 1 amide bonds. The molecule has 0 aliphatic carbocycles. The fourth-order valence-electron chi connectivity index (χ4n) is 2.33. The molecule has 118 valence electrons. The summed E-state index contributed by atoms with van der Waals surface area (Å²) in [4.78, 5) is 12.4. The van der Waals surface area contributed by atoms with Crippen LogP contribution in [0.1, 0.15) is 29.6 Å². The smallest absolute Gasteiger partial charge is 0.270 e. The zero-order chi connectivity index (χ0) is 16.2. The number of para-hydroxylation sites is 1. The van der Waals surface area contributed by atoms with Crippen molar-refractivity contribution in [1.82, 2.24) is 15.1 Å². The van der Waals surface area contributed by atoms with E-state index in [1.54, 1.807) is 10.7 Å². The summed E-state index contributed by atoms with van der Waals surface area (Å²) in [6.45, 7) is 4.53. The zero-order valence-corrected chi connectivity index (χ0v) is 13.2. The molecule has 0 fully saturated rings. The van der Waals surface area contributed by atoms with Crippen LogP contribution >= 0.6 is 0 Å². The Morgan fingerprint density at radius 3 is 2.65 bits per heavy atom. The molecular formula is C18H19N3O2. The largest absolute Gasteiger partial charge is 0.460 e. The third kappa shape index (κ3) is 3.18. The quantitative estimate of drug-likeness (QED) is 0.783. The van der Waals surface area contributed by atoms with Crippen LogP contribution in [0.3, 0.4) is 0 Å². The van der Waals surface area contributed by atoms with E-state index < -0.39 is 0 Å². The molecule has 0 saturated carbocycles. The van der Waals surface area contributed by atoms with E-state index >= 15 is 0 Å². The molecule has 3 aromatic rings. The summed E-state index contributed by atoms with van der Waals surface area (Å²) in [5.41, 5.74) is 1.97. The molecule has 23 heavy (non-hydrogen) atoms. The number of amides is 1. The van der Waals surface area contributed by atoms with Gasteiger partial charge in [-0.1, -0.05) is 25.1 Å². The molecule has 2 heterocycles. The third-order valence-corrected chi connectivity index (χ3v) is 3.47. The molecule has 1 N–H and O–H groups in total. The highest BCUT2D eigenvalue weighted by Gasteiger charge is 2.18. The van der Waals surface area contributed by atoms with E-state index in [2.05, 4.69) is 10.4 Å². The standard InChI is InChI=1S/C18H19N3O2/c1-3-11-19-18(22)16-12-15(17-10-9-13(2)23-17)20-21(16)14-7-5-4-6-8-14/h4-10,12H,3,11H2,1-2H3,(H,19,22). The second kappa shape index (κ2) is 6.52. The summed E-state index contributed by atoms with van der Waals surface area (Å²) in [5, 5.41) is 7.45. The maximum atomic E-state index is 12.4. The Balaban J connectivity index is 2.05. The Hall–Kier alpha value is -2.82. The van der Waals surface area contributed by atoms with Gasteiger partial charge < -0.3 is 9.73 Å². The Bertz CT molecular complexity index is 803. The van der Waals surface area contributed by atoms with E-state index in [1.165, 1.54) is 0 Å². The van der Waals surface area contributed by atoms with Crippen molar-refractivity contribution in [3.8, 4) is 17.1 Å². The summed E-state index contributed by atoms with van der Waals surface area (Å²) >= 11 is 0. The molecule has 5 nitrogen and oxygen atoms in total. The second-order valence-electron chi connectivity index (χ2n) is 5.33. The van der Waals surface area contributed by atoms with E-state index in [1.807, 2.05) is 56.3 Å². The first-order valence-corrected chi connectivity index (χ1v) is 7.69. The predicted octanol–water partition coefficient (Wildman–Crippen LogP) is 3.58. The lowest BCUT2D eigenvalue weighted by molar-refractivity contribution is 0.0946. The van der Waals surface area contributed by atoms with Gasteiger partial charge in [0.2, 0.25) is 0 Å². The summed E-state index contributed by atoms with van der Waals surface area (Å²) in [5.74, 6) is 1.32. The Morgan fingerprint density at radius 2 is 2.00 bits per heavy atom.